The first-order chi connectivity index (χ1) is 18.0. The molecule has 4 rings (SSSR count). The van der Waals surface area contributed by atoms with Gasteiger partial charge in [-0.15, -0.1) is 0 Å². The Balaban J connectivity index is 1.92. The molecule has 3 aromatic rings. The van der Waals surface area contributed by atoms with E-state index in [1.165, 1.54) is 11.0 Å². The zero-order chi connectivity index (χ0) is 27.7. The van der Waals surface area contributed by atoms with Crippen LogP contribution in [0.15, 0.2) is 60.7 Å². The number of aliphatic hydroxyl groups is 1. The summed E-state index contributed by atoms with van der Waals surface area (Å²) in [4.78, 5) is 45.5. The third kappa shape index (κ3) is 4.91. The van der Waals surface area contributed by atoms with E-state index in [0.717, 1.165) is 28.0 Å². The Bertz CT molecular complexity index is 1470. The summed E-state index contributed by atoms with van der Waals surface area (Å²) in [5.74, 6) is -2.18. The summed E-state index contributed by atoms with van der Waals surface area (Å²) in [5, 5.41) is 11.7. The fraction of sp³-hybridized carbons (Fsp3) is 0.267. The zero-order valence-electron chi connectivity index (χ0n) is 22.1. The van der Waals surface area contributed by atoms with E-state index < -0.39 is 23.7 Å². The number of esters is 1. The average Bonchev–Trinajstić information content (AvgIpc) is 3.40. The standard InChI is InChI=1S/C30H30N2O5S/c1-7-14-37-29(36)27-19(6)31-30(38-27)32-24(21-12-10-20(11-13-21)16(2)3)23(26(34)28(32)35)25(33)22-15-17(4)8-9-18(22)5/h7-13,15-16,24,33H,1,14H2,2-6H3/b25-23+. The van der Waals surface area contributed by atoms with E-state index in [0.29, 0.717) is 16.8 Å². The number of benzene rings is 2. The maximum atomic E-state index is 13.5. The van der Waals surface area contributed by atoms with Crippen LogP contribution in [-0.4, -0.2) is 34.4 Å². The first-order valence-corrected chi connectivity index (χ1v) is 13.1. The number of nitrogens with zero attached hydrogens (tertiary/aromatic N) is 2. The van der Waals surface area contributed by atoms with Gasteiger partial charge in [0.15, 0.2) is 5.13 Å². The van der Waals surface area contributed by atoms with Gasteiger partial charge in [-0.2, -0.15) is 0 Å². The lowest BCUT2D eigenvalue weighted by Gasteiger charge is -2.23. The highest BCUT2D eigenvalue weighted by atomic mass is 32.1. The predicted octanol–water partition coefficient (Wildman–Crippen LogP) is 6.16. The molecule has 38 heavy (non-hydrogen) atoms. The summed E-state index contributed by atoms with van der Waals surface area (Å²) >= 11 is 0.971. The van der Waals surface area contributed by atoms with Gasteiger partial charge in [-0.25, -0.2) is 9.78 Å². The number of thiazole rings is 1. The fourth-order valence-electron chi connectivity index (χ4n) is 4.42. The number of hydrogen-bond acceptors (Lipinski definition) is 7. The topological polar surface area (TPSA) is 96.8 Å². The highest BCUT2D eigenvalue weighted by Crippen LogP contribution is 2.44. The van der Waals surface area contributed by atoms with Gasteiger partial charge in [0.2, 0.25) is 0 Å². The van der Waals surface area contributed by atoms with Crippen LogP contribution in [0.3, 0.4) is 0 Å². The van der Waals surface area contributed by atoms with Crippen LogP contribution in [0.25, 0.3) is 5.76 Å². The first kappa shape index (κ1) is 27.0. The molecule has 8 heteroatoms. The van der Waals surface area contributed by atoms with Gasteiger partial charge in [0.25, 0.3) is 5.78 Å². The Morgan fingerprint density at radius 3 is 2.47 bits per heavy atom. The Kier molecular flexibility index (Phi) is 7.64. The van der Waals surface area contributed by atoms with Gasteiger partial charge < -0.3 is 9.84 Å². The number of carbonyl (C=O) groups excluding carboxylic acids is 3. The van der Waals surface area contributed by atoms with Crippen molar-refractivity contribution in [1.29, 1.82) is 0 Å². The van der Waals surface area contributed by atoms with Crippen LogP contribution in [0.1, 0.15) is 69.0 Å². The van der Waals surface area contributed by atoms with Gasteiger partial charge in [-0.1, -0.05) is 79.8 Å². The van der Waals surface area contributed by atoms with Crippen LogP contribution >= 0.6 is 11.3 Å². The molecule has 0 saturated carbocycles. The number of ketones is 1. The number of carbonyl (C=O) groups is 3. The van der Waals surface area contributed by atoms with Gasteiger partial charge in [0.1, 0.15) is 17.2 Å². The third-order valence-corrected chi connectivity index (χ3v) is 7.66. The van der Waals surface area contributed by atoms with Crippen molar-refractivity contribution >= 4 is 39.9 Å². The molecule has 0 radical (unpaired) electrons. The van der Waals surface area contributed by atoms with Crippen molar-refractivity contribution in [1.82, 2.24) is 4.98 Å². The number of aliphatic hydroxyl groups excluding tert-OH is 1. The summed E-state index contributed by atoms with van der Waals surface area (Å²) in [6, 6.07) is 12.2. The smallest absolute Gasteiger partial charge is 0.350 e. The molecule has 1 N–H and O–H groups in total. The molecule has 1 aliphatic heterocycles. The summed E-state index contributed by atoms with van der Waals surface area (Å²) in [6.45, 7) is 13.1. The quantitative estimate of drug-likeness (QED) is 0.129. The third-order valence-electron chi connectivity index (χ3n) is 6.52. The van der Waals surface area contributed by atoms with Crippen molar-refractivity contribution in [2.24, 2.45) is 0 Å². The number of amides is 1. The van der Waals surface area contributed by atoms with Crippen LogP contribution in [0.5, 0.6) is 0 Å². The molecule has 1 unspecified atom stereocenters. The summed E-state index contributed by atoms with van der Waals surface area (Å²) < 4.78 is 5.16. The second-order valence-corrected chi connectivity index (χ2v) is 10.6. The minimum Gasteiger partial charge on any atom is -0.507 e. The molecule has 2 aromatic carbocycles. The molecule has 1 fully saturated rings. The van der Waals surface area contributed by atoms with Crippen LogP contribution < -0.4 is 4.90 Å². The van der Waals surface area contributed by atoms with Gasteiger partial charge in [0, 0.05) is 5.56 Å². The molecule has 1 aromatic heterocycles. The maximum Gasteiger partial charge on any atom is 0.350 e. The number of rotatable bonds is 7. The van der Waals surface area contributed by atoms with Crippen molar-refractivity contribution in [3.8, 4) is 0 Å². The van der Waals surface area contributed by atoms with E-state index in [4.69, 9.17) is 4.74 Å². The van der Waals surface area contributed by atoms with Crippen molar-refractivity contribution in [2.45, 2.75) is 46.6 Å². The van der Waals surface area contributed by atoms with Crippen molar-refractivity contribution in [2.75, 3.05) is 11.5 Å². The second kappa shape index (κ2) is 10.8. The normalized spacial score (nSPS) is 16.8. The summed E-state index contributed by atoms with van der Waals surface area (Å²) in [5.41, 5.74) is 4.25. The molecule has 0 bridgehead atoms. The number of anilines is 1. The molecule has 196 valence electrons. The van der Waals surface area contributed by atoms with E-state index >= 15 is 0 Å². The van der Waals surface area contributed by atoms with E-state index in [1.807, 2.05) is 50.2 Å². The van der Waals surface area contributed by atoms with Crippen molar-refractivity contribution in [3.05, 3.63) is 99.1 Å². The molecule has 1 amide bonds. The van der Waals surface area contributed by atoms with Crippen molar-refractivity contribution < 1.29 is 24.2 Å². The van der Waals surface area contributed by atoms with Crippen LogP contribution in [-0.2, 0) is 14.3 Å². The second-order valence-electron chi connectivity index (χ2n) is 9.61. The number of ether oxygens (including phenoxy) is 1. The van der Waals surface area contributed by atoms with Crippen LogP contribution in [0, 0.1) is 20.8 Å². The Hall–Kier alpha value is -4.04. The minimum absolute atomic E-state index is 0.0235. The lowest BCUT2D eigenvalue weighted by atomic mass is 9.92. The van der Waals surface area contributed by atoms with Gasteiger partial charge >= 0.3 is 11.9 Å². The van der Waals surface area contributed by atoms with Crippen LogP contribution in [0.4, 0.5) is 5.13 Å². The van der Waals surface area contributed by atoms with E-state index in [-0.39, 0.29) is 33.9 Å². The van der Waals surface area contributed by atoms with E-state index in [9.17, 15) is 19.5 Å². The number of aryl methyl sites for hydroxylation is 3. The molecule has 7 nitrogen and oxygen atoms in total. The SMILES string of the molecule is C=CCOC(=O)c1sc(N2C(=O)C(=O)/C(=C(/O)c3cc(C)ccc3C)C2c2ccc(C(C)C)cc2)nc1C. The van der Waals surface area contributed by atoms with Gasteiger partial charge in [-0.05, 0) is 49.4 Å². The van der Waals surface area contributed by atoms with Gasteiger partial charge in [-0.3, -0.25) is 14.5 Å². The minimum atomic E-state index is -0.932. The molecular weight excluding hydrogens is 500 g/mol. The molecule has 0 spiro atoms. The molecule has 1 aliphatic rings. The Morgan fingerprint density at radius 1 is 1.16 bits per heavy atom. The van der Waals surface area contributed by atoms with Crippen LogP contribution in [0.2, 0.25) is 0 Å². The number of hydrogen-bond donors (Lipinski definition) is 1. The average molecular weight is 531 g/mol. The molecule has 0 aliphatic carbocycles. The molecule has 2 heterocycles. The summed E-state index contributed by atoms with van der Waals surface area (Å²) in [6.07, 6.45) is 1.46. The van der Waals surface area contributed by atoms with Crippen molar-refractivity contribution in [3.63, 3.8) is 0 Å². The first-order valence-electron chi connectivity index (χ1n) is 12.3. The molecule has 1 saturated heterocycles. The predicted molar refractivity (Wildman–Crippen MR) is 149 cm³/mol. The largest absolute Gasteiger partial charge is 0.507 e. The maximum absolute atomic E-state index is 13.5. The van der Waals surface area contributed by atoms with Gasteiger partial charge in [0.05, 0.1) is 17.3 Å². The molecular formula is C30H30N2O5S. The Morgan fingerprint density at radius 2 is 1.84 bits per heavy atom. The highest BCUT2D eigenvalue weighted by molar-refractivity contribution is 7.17. The lowest BCUT2D eigenvalue weighted by molar-refractivity contribution is -0.132. The Labute approximate surface area is 226 Å². The lowest BCUT2D eigenvalue weighted by Crippen LogP contribution is -2.29. The monoisotopic (exact) mass is 530 g/mol. The number of Topliss-reactive ketones (excluding diaryl/α,β-unsaturated/α-hetero) is 1. The van der Waals surface area contributed by atoms with E-state index in [1.54, 1.807) is 13.0 Å². The number of aromatic nitrogens is 1. The fourth-order valence-corrected chi connectivity index (χ4v) is 5.41. The summed E-state index contributed by atoms with van der Waals surface area (Å²) in [7, 11) is 0. The highest BCUT2D eigenvalue weighted by Gasteiger charge is 2.48. The molecule has 1 atom stereocenters. The zero-order valence-corrected chi connectivity index (χ0v) is 22.9. The van der Waals surface area contributed by atoms with E-state index in [2.05, 4.69) is 25.4 Å².